The highest BCUT2D eigenvalue weighted by molar-refractivity contribution is 9.10. The normalized spacial score (nSPS) is 12.6. The fourth-order valence-electron chi connectivity index (χ4n) is 1.16. The second kappa shape index (κ2) is 4.19. The van der Waals surface area contributed by atoms with Gasteiger partial charge in [0.1, 0.15) is 5.82 Å². The topological polar surface area (TPSA) is 43.1 Å². The lowest BCUT2D eigenvalue weighted by atomic mass is 10.0. The first kappa shape index (κ1) is 11.3. The molecule has 0 amide bonds. The van der Waals surface area contributed by atoms with Crippen molar-refractivity contribution in [3.63, 3.8) is 0 Å². The molecule has 0 radical (unpaired) electrons. The molecule has 0 aliphatic carbocycles. The third kappa shape index (κ3) is 2.19. The minimum absolute atomic E-state index is 0.178. The number of nitrogens with two attached hydrogens (primary N) is 1. The molecular weight excluding hydrogens is 249 g/mol. The molecule has 1 rings (SSSR count). The summed E-state index contributed by atoms with van der Waals surface area (Å²) in [7, 11) is 0. The highest BCUT2D eigenvalue weighted by atomic mass is 79.9. The standard InChI is InChI=1S/C10H11BrFNO/c1-5-3-9(12)8(11)4-7(5)10(14)6(2)13/h3-4,6H,13H2,1-2H3. The van der Waals surface area contributed by atoms with Crippen LogP contribution in [0.3, 0.4) is 0 Å². The van der Waals surface area contributed by atoms with Crippen LogP contribution < -0.4 is 5.73 Å². The van der Waals surface area contributed by atoms with Crippen LogP contribution in [-0.2, 0) is 0 Å². The van der Waals surface area contributed by atoms with Gasteiger partial charge in [0.2, 0.25) is 0 Å². The van der Waals surface area contributed by atoms with Crippen molar-refractivity contribution in [1.29, 1.82) is 0 Å². The van der Waals surface area contributed by atoms with Gasteiger partial charge in [-0.3, -0.25) is 4.79 Å². The van der Waals surface area contributed by atoms with Crippen molar-refractivity contribution < 1.29 is 9.18 Å². The SMILES string of the molecule is Cc1cc(F)c(Br)cc1C(=O)C(C)N. The number of hydrogen-bond donors (Lipinski definition) is 1. The smallest absolute Gasteiger partial charge is 0.179 e. The van der Waals surface area contributed by atoms with Crippen LogP contribution in [0.5, 0.6) is 0 Å². The van der Waals surface area contributed by atoms with Crippen LogP contribution in [-0.4, -0.2) is 11.8 Å². The maximum atomic E-state index is 13.0. The summed E-state index contributed by atoms with van der Waals surface area (Å²) in [4.78, 5) is 11.6. The number of Topliss-reactive ketones (excluding diaryl/α,β-unsaturated/α-hetero) is 1. The Bertz CT molecular complexity index is 377. The van der Waals surface area contributed by atoms with Crippen molar-refractivity contribution in [2.45, 2.75) is 19.9 Å². The van der Waals surface area contributed by atoms with Crippen LogP contribution in [0.4, 0.5) is 4.39 Å². The summed E-state index contributed by atoms with van der Waals surface area (Å²) in [6.07, 6.45) is 0. The molecule has 14 heavy (non-hydrogen) atoms. The molecule has 76 valence electrons. The molecule has 4 heteroatoms. The highest BCUT2D eigenvalue weighted by Crippen LogP contribution is 2.21. The fraction of sp³-hybridized carbons (Fsp3) is 0.300. The zero-order valence-electron chi connectivity index (χ0n) is 7.97. The van der Waals surface area contributed by atoms with Crippen LogP contribution in [0.25, 0.3) is 0 Å². The average molecular weight is 260 g/mol. The van der Waals surface area contributed by atoms with Crippen molar-refractivity contribution in [3.05, 3.63) is 33.5 Å². The summed E-state index contributed by atoms with van der Waals surface area (Å²) in [5.74, 6) is -0.549. The zero-order valence-corrected chi connectivity index (χ0v) is 9.56. The Hall–Kier alpha value is -0.740. The Kier molecular flexibility index (Phi) is 3.39. The number of rotatable bonds is 2. The van der Waals surface area contributed by atoms with Crippen LogP contribution >= 0.6 is 15.9 Å². The molecule has 1 aromatic carbocycles. The molecule has 2 N–H and O–H groups in total. The van der Waals surface area contributed by atoms with E-state index in [0.29, 0.717) is 11.1 Å². The predicted molar refractivity (Wildman–Crippen MR) is 56.8 cm³/mol. The van der Waals surface area contributed by atoms with Gasteiger partial charge in [-0.1, -0.05) is 0 Å². The molecule has 0 heterocycles. The Balaban J connectivity index is 3.22. The van der Waals surface area contributed by atoms with Gasteiger partial charge in [-0.2, -0.15) is 0 Å². The number of carbonyl (C=O) groups is 1. The summed E-state index contributed by atoms with van der Waals surface area (Å²) in [5.41, 5.74) is 6.54. The van der Waals surface area contributed by atoms with Crippen LogP contribution in [0.1, 0.15) is 22.8 Å². The van der Waals surface area contributed by atoms with Crippen LogP contribution in [0.2, 0.25) is 0 Å². The van der Waals surface area contributed by atoms with Gasteiger partial charge in [0.05, 0.1) is 10.5 Å². The van der Waals surface area contributed by atoms with E-state index < -0.39 is 6.04 Å². The lowest BCUT2D eigenvalue weighted by Gasteiger charge is -2.08. The quantitative estimate of drug-likeness (QED) is 0.830. The lowest BCUT2D eigenvalue weighted by Crippen LogP contribution is -2.27. The number of halogens is 2. The largest absolute Gasteiger partial charge is 0.321 e. The molecule has 2 nitrogen and oxygen atoms in total. The summed E-state index contributed by atoms with van der Waals surface area (Å²) < 4.78 is 13.3. The van der Waals surface area contributed by atoms with E-state index in [1.54, 1.807) is 13.8 Å². The molecule has 0 aliphatic heterocycles. The molecule has 0 aliphatic rings. The molecule has 1 unspecified atom stereocenters. The number of benzene rings is 1. The van der Waals surface area contributed by atoms with E-state index in [1.807, 2.05) is 0 Å². The first-order valence-electron chi connectivity index (χ1n) is 4.19. The van der Waals surface area contributed by atoms with E-state index in [0.717, 1.165) is 0 Å². The third-order valence-corrected chi connectivity index (χ3v) is 2.55. The van der Waals surface area contributed by atoms with Gasteiger partial charge in [0.15, 0.2) is 5.78 Å². The Morgan fingerprint density at radius 1 is 1.57 bits per heavy atom. The van der Waals surface area contributed by atoms with Crippen molar-refractivity contribution >= 4 is 21.7 Å². The van der Waals surface area contributed by atoms with Gasteiger partial charge >= 0.3 is 0 Å². The molecule has 0 saturated heterocycles. The average Bonchev–Trinajstić information content (AvgIpc) is 2.10. The van der Waals surface area contributed by atoms with Crippen molar-refractivity contribution in [3.8, 4) is 0 Å². The Labute approximate surface area is 90.4 Å². The highest BCUT2D eigenvalue weighted by Gasteiger charge is 2.15. The first-order valence-corrected chi connectivity index (χ1v) is 4.98. The summed E-state index contributed by atoms with van der Waals surface area (Å²) in [6.45, 7) is 3.30. The molecule has 0 fully saturated rings. The Morgan fingerprint density at radius 3 is 2.64 bits per heavy atom. The molecule has 1 aromatic rings. The van der Waals surface area contributed by atoms with Crippen LogP contribution in [0, 0.1) is 12.7 Å². The number of ketones is 1. The minimum Gasteiger partial charge on any atom is -0.321 e. The minimum atomic E-state index is -0.564. The van der Waals surface area contributed by atoms with E-state index >= 15 is 0 Å². The molecule has 0 bridgehead atoms. The van der Waals surface area contributed by atoms with Gasteiger partial charge in [-0.25, -0.2) is 4.39 Å². The molecule has 0 spiro atoms. The number of carbonyl (C=O) groups excluding carboxylic acids is 1. The predicted octanol–water partition coefficient (Wildman–Crippen LogP) is 2.43. The van der Waals surface area contributed by atoms with E-state index in [2.05, 4.69) is 15.9 Å². The first-order chi connectivity index (χ1) is 6.43. The summed E-state index contributed by atoms with van der Waals surface area (Å²) in [6, 6.07) is 2.22. The van der Waals surface area contributed by atoms with Crippen LogP contribution in [0.15, 0.2) is 16.6 Å². The number of hydrogen-bond acceptors (Lipinski definition) is 2. The lowest BCUT2D eigenvalue weighted by molar-refractivity contribution is 0.0967. The molecule has 0 saturated carbocycles. The van der Waals surface area contributed by atoms with E-state index in [9.17, 15) is 9.18 Å². The van der Waals surface area contributed by atoms with Gasteiger partial charge < -0.3 is 5.73 Å². The monoisotopic (exact) mass is 259 g/mol. The van der Waals surface area contributed by atoms with Gasteiger partial charge in [-0.05, 0) is 47.5 Å². The maximum Gasteiger partial charge on any atom is 0.179 e. The summed E-state index contributed by atoms with van der Waals surface area (Å²) >= 11 is 3.03. The number of aryl methyl sites for hydroxylation is 1. The second-order valence-corrected chi connectivity index (χ2v) is 4.09. The fourth-order valence-corrected chi connectivity index (χ4v) is 1.50. The van der Waals surface area contributed by atoms with E-state index in [-0.39, 0.29) is 16.1 Å². The van der Waals surface area contributed by atoms with Crippen molar-refractivity contribution in [2.24, 2.45) is 5.73 Å². The van der Waals surface area contributed by atoms with Crippen molar-refractivity contribution in [2.75, 3.05) is 0 Å². The molecule has 1 atom stereocenters. The maximum absolute atomic E-state index is 13.0. The molecular formula is C10H11BrFNO. The summed E-state index contributed by atoms with van der Waals surface area (Å²) in [5, 5.41) is 0. The zero-order chi connectivity index (χ0) is 10.9. The molecule has 0 aromatic heterocycles. The van der Waals surface area contributed by atoms with E-state index in [1.165, 1.54) is 12.1 Å². The van der Waals surface area contributed by atoms with Gasteiger partial charge in [0, 0.05) is 5.56 Å². The van der Waals surface area contributed by atoms with Crippen molar-refractivity contribution in [1.82, 2.24) is 0 Å². The third-order valence-electron chi connectivity index (χ3n) is 1.95. The second-order valence-electron chi connectivity index (χ2n) is 3.23. The van der Waals surface area contributed by atoms with Gasteiger partial charge in [-0.15, -0.1) is 0 Å². The Morgan fingerprint density at radius 2 is 2.14 bits per heavy atom. The van der Waals surface area contributed by atoms with Gasteiger partial charge in [0.25, 0.3) is 0 Å². The van der Waals surface area contributed by atoms with E-state index in [4.69, 9.17) is 5.73 Å².